The summed E-state index contributed by atoms with van der Waals surface area (Å²) in [6, 6.07) is 8.52. The minimum atomic E-state index is 0.190. The molecule has 2 aliphatic rings. The smallest absolute Gasteiger partial charge is 0.241 e. The van der Waals surface area contributed by atoms with Crippen LogP contribution in [0.4, 0.5) is 5.69 Å². The lowest BCUT2D eigenvalue weighted by molar-refractivity contribution is -0.118. The first-order valence-corrected chi connectivity index (χ1v) is 8.54. The Morgan fingerprint density at radius 1 is 1.32 bits per heavy atom. The predicted molar refractivity (Wildman–Crippen MR) is 91.1 cm³/mol. The molecule has 0 aromatic heterocycles. The zero-order chi connectivity index (χ0) is 15.4. The lowest BCUT2D eigenvalue weighted by Crippen LogP contribution is -2.41. The topological polar surface area (TPSA) is 32.3 Å². The van der Waals surface area contributed by atoms with Crippen LogP contribution in [-0.2, 0) is 11.2 Å². The molecule has 1 aliphatic carbocycles. The molecule has 1 atom stereocenters. The quantitative estimate of drug-likeness (QED) is 0.667. The second kappa shape index (κ2) is 7.10. The lowest BCUT2D eigenvalue weighted by Gasteiger charge is -2.23. The third-order valence-electron chi connectivity index (χ3n) is 4.76. The molecule has 0 radical (unpaired) electrons. The molecule has 118 valence electrons. The fraction of sp³-hybridized carbons (Fsp3) is 0.526. The van der Waals surface area contributed by atoms with Gasteiger partial charge in [-0.3, -0.25) is 4.79 Å². The fourth-order valence-electron chi connectivity index (χ4n) is 3.61. The molecule has 1 aromatic rings. The number of rotatable bonds is 5. The number of amides is 1. The van der Waals surface area contributed by atoms with Crippen LogP contribution >= 0.6 is 0 Å². The van der Waals surface area contributed by atoms with Gasteiger partial charge in [-0.15, -0.1) is 0 Å². The molecule has 0 saturated carbocycles. The van der Waals surface area contributed by atoms with Crippen molar-refractivity contribution in [1.29, 1.82) is 0 Å². The first-order valence-electron chi connectivity index (χ1n) is 8.54. The Balaban J connectivity index is 1.49. The molecule has 3 nitrogen and oxygen atoms in total. The molecular weight excluding hydrogens is 272 g/mol. The summed E-state index contributed by atoms with van der Waals surface area (Å²) in [4.78, 5) is 14.5. The van der Waals surface area contributed by atoms with Crippen molar-refractivity contribution in [2.24, 2.45) is 0 Å². The Hall–Kier alpha value is -1.61. The van der Waals surface area contributed by atoms with E-state index >= 15 is 0 Å². The zero-order valence-corrected chi connectivity index (χ0v) is 13.5. The summed E-state index contributed by atoms with van der Waals surface area (Å²) in [5, 5.41) is 3.33. The van der Waals surface area contributed by atoms with E-state index in [9.17, 15) is 4.79 Å². The zero-order valence-electron chi connectivity index (χ0n) is 13.5. The van der Waals surface area contributed by atoms with Crippen molar-refractivity contribution in [3.05, 3.63) is 41.5 Å². The van der Waals surface area contributed by atoms with E-state index in [-0.39, 0.29) is 11.9 Å². The van der Waals surface area contributed by atoms with E-state index in [4.69, 9.17) is 0 Å². The number of nitrogens with zero attached hydrogens (tertiary/aromatic N) is 1. The number of anilines is 1. The average molecular weight is 298 g/mol. The number of allylic oxidation sites excluding steroid dienone is 1. The predicted octanol–water partition coefficient (Wildman–Crippen LogP) is 3.44. The maximum atomic E-state index is 12.5. The molecule has 1 amide bonds. The minimum Gasteiger partial charge on any atom is -0.308 e. The van der Waals surface area contributed by atoms with Crippen molar-refractivity contribution >= 4 is 11.6 Å². The average Bonchev–Trinajstić information content (AvgIpc) is 2.88. The largest absolute Gasteiger partial charge is 0.308 e. The molecule has 1 N–H and O–H groups in total. The van der Waals surface area contributed by atoms with Crippen LogP contribution in [0.5, 0.6) is 0 Å². The van der Waals surface area contributed by atoms with Crippen molar-refractivity contribution in [3.8, 4) is 0 Å². The van der Waals surface area contributed by atoms with Gasteiger partial charge in [0.15, 0.2) is 0 Å². The highest BCUT2D eigenvalue weighted by atomic mass is 16.2. The van der Waals surface area contributed by atoms with E-state index in [2.05, 4.69) is 36.5 Å². The molecule has 3 rings (SSSR count). The van der Waals surface area contributed by atoms with Gasteiger partial charge in [-0.05, 0) is 63.6 Å². The maximum Gasteiger partial charge on any atom is 0.241 e. The van der Waals surface area contributed by atoms with E-state index in [0.29, 0.717) is 6.54 Å². The van der Waals surface area contributed by atoms with Crippen LogP contribution in [-0.4, -0.2) is 25.0 Å². The van der Waals surface area contributed by atoms with Crippen molar-refractivity contribution in [1.82, 2.24) is 5.32 Å². The third-order valence-corrected chi connectivity index (χ3v) is 4.76. The summed E-state index contributed by atoms with van der Waals surface area (Å²) >= 11 is 0. The Morgan fingerprint density at radius 3 is 3.00 bits per heavy atom. The summed E-state index contributed by atoms with van der Waals surface area (Å²) in [7, 11) is 0. The molecule has 1 aromatic carbocycles. The van der Waals surface area contributed by atoms with Crippen LogP contribution in [0, 0.1) is 0 Å². The Labute approximate surface area is 133 Å². The Bertz CT molecular complexity index is 564. The first kappa shape index (κ1) is 15.3. The van der Waals surface area contributed by atoms with Crippen LogP contribution in [0.15, 0.2) is 35.9 Å². The van der Waals surface area contributed by atoms with Gasteiger partial charge in [0.25, 0.3) is 0 Å². The standard InChI is InChI=1S/C19H26N2O/c1-15-13-17-9-5-6-10-18(17)21(15)19(22)14-20-12-11-16-7-3-2-4-8-16/h5-7,9-10,15,20H,2-4,8,11-14H2,1H3. The molecule has 0 fully saturated rings. The van der Waals surface area contributed by atoms with Crippen molar-refractivity contribution in [3.63, 3.8) is 0 Å². The van der Waals surface area contributed by atoms with Crippen molar-refractivity contribution in [2.75, 3.05) is 18.0 Å². The molecule has 0 saturated heterocycles. The van der Waals surface area contributed by atoms with Gasteiger partial charge in [-0.1, -0.05) is 29.8 Å². The molecule has 0 spiro atoms. The summed E-state index contributed by atoms with van der Waals surface area (Å²) in [6.45, 7) is 3.47. The number of hydrogen-bond acceptors (Lipinski definition) is 2. The second-order valence-electron chi connectivity index (χ2n) is 6.48. The van der Waals surface area contributed by atoms with Gasteiger partial charge in [-0.2, -0.15) is 0 Å². The number of carbonyl (C=O) groups is 1. The molecule has 0 bridgehead atoms. The van der Waals surface area contributed by atoms with E-state index in [1.54, 1.807) is 5.57 Å². The van der Waals surface area contributed by atoms with Gasteiger partial charge in [-0.25, -0.2) is 0 Å². The minimum absolute atomic E-state index is 0.190. The maximum absolute atomic E-state index is 12.5. The van der Waals surface area contributed by atoms with Crippen molar-refractivity contribution in [2.45, 2.75) is 51.5 Å². The van der Waals surface area contributed by atoms with Gasteiger partial charge in [0.05, 0.1) is 6.54 Å². The number of fused-ring (bicyclic) bond motifs is 1. The molecular formula is C19H26N2O. The van der Waals surface area contributed by atoms with Crippen LogP contribution < -0.4 is 10.2 Å². The van der Waals surface area contributed by atoms with Gasteiger partial charge in [0, 0.05) is 11.7 Å². The fourth-order valence-corrected chi connectivity index (χ4v) is 3.61. The highest BCUT2D eigenvalue weighted by Gasteiger charge is 2.29. The van der Waals surface area contributed by atoms with Crippen LogP contribution in [0.2, 0.25) is 0 Å². The molecule has 1 heterocycles. The second-order valence-corrected chi connectivity index (χ2v) is 6.48. The monoisotopic (exact) mass is 298 g/mol. The number of benzene rings is 1. The number of carbonyl (C=O) groups excluding carboxylic acids is 1. The highest BCUT2D eigenvalue weighted by molar-refractivity contribution is 5.97. The van der Waals surface area contributed by atoms with Crippen LogP contribution in [0.25, 0.3) is 0 Å². The highest BCUT2D eigenvalue weighted by Crippen LogP contribution is 2.31. The van der Waals surface area contributed by atoms with E-state index in [1.807, 2.05) is 11.0 Å². The molecule has 1 aliphatic heterocycles. The lowest BCUT2D eigenvalue weighted by atomic mass is 9.97. The summed E-state index contributed by atoms with van der Waals surface area (Å²) < 4.78 is 0. The Morgan fingerprint density at radius 2 is 2.18 bits per heavy atom. The van der Waals surface area contributed by atoms with E-state index < -0.39 is 0 Å². The normalized spacial score (nSPS) is 20.7. The van der Waals surface area contributed by atoms with Crippen molar-refractivity contribution < 1.29 is 4.79 Å². The van der Waals surface area contributed by atoms with Gasteiger partial charge < -0.3 is 10.2 Å². The van der Waals surface area contributed by atoms with Gasteiger partial charge in [0.1, 0.15) is 0 Å². The summed E-state index contributed by atoms with van der Waals surface area (Å²) in [6.07, 6.45) is 9.57. The van der Waals surface area contributed by atoms with E-state index in [1.165, 1.54) is 31.2 Å². The SMILES string of the molecule is CC1Cc2ccccc2N1C(=O)CNCCC1=CCCCC1. The van der Waals surface area contributed by atoms with Crippen LogP contribution in [0.3, 0.4) is 0 Å². The number of nitrogens with one attached hydrogen (secondary N) is 1. The summed E-state index contributed by atoms with van der Waals surface area (Å²) in [5.41, 5.74) is 3.94. The van der Waals surface area contributed by atoms with E-state index in [0.717, 1.165) is 25.1 Å². The third kappa shape index (κ3) is 3.41. The van der Waals surface area contributed by atoms with Gasteiger partial charge in [0.2, 0.25) is 5.91 Å². The number of para-hydroxylation sites is 1. The molecule has 22 heavy (non-hydrogen) atoms. The van der Waals surface area contributed by atoms with Crippen LogP contribution in [0.1, 0.15) is 44.6 Å². The number of hydrogen-bond donors (Lipinski definition) is 1. The van der Waals surface area contributed by atoms with Gasteiger partial charge >= 0.3 is 0 Å². The summed E-state index contributed by atoms with van der Waals surface area (Å²) in [5.74, 6) is 0.190. The molecule has 3 heteroatoms. The molecule has 1 unspecified atom stereocenters. The Kier molecular flexibility index (Phi) is 4.94. The first-order chi connectivity index (χ1) is 10.8.